The molecule has 1 amide bonds. The molecule has 2 N–H and O–H groups in total. The van der Waals surface area contributed by atoms with Gasteiger partial charge in [0.2, 0.25) is 11.5 Å². The molecular weight excluding hydrogens is 354 g/mol. The Morgan fingerprint density at radius 2 is 2.19 bits per heavy atom. The Kier molecular flexibility index (Phi) is 3.94. The van der Waals surface area contributed by atoms with Crippen molar-refractivity contribution < 1.29 is 24.1 Å². The second-order valence-corrected chi connectivity index (χ2v) is 7.06. The highest BCUT2D eigenvalue weighted by Gasteiger charge is 2.64. The average Bonchev–Trinajstić information content (AvgIpc) is 3.25. The first-order valence-electron chi connectivity index (χ1n) is 8.46. The van der Waals surface area contributed by atoms with Gasteiger partial charge in [0.05, 0.1) is 12.3 Å². The van der Waals surface area contributed by atoms with Crippen LogP contribution in [-0.4, -0.2) is 55.8 Å². The van der Waals surface area contributed by atoms with Crippen molar-refractivity contribution >= 4 is 17.2 Å². The maximum Gasteiger partial charge on any atom is 0.222 e. The summed E-state index contributed by atoms with van der Waals surface area (Å²) in [4.78, 5) is 15.5. The van der Waals surface area contributed by atoms with E-state index in [9.17, 15) is 15.2 Å². The van der Waals surface area contributed by atoms with Gasteiger partial charge >= 0.3 is 0 Å². The summed E-state index contributed by atoms with van der Waals surface area (Å²) in [5.41, 5.74) is -0.374. The zero-order valence-electron chi connectivity index (χ0n) is 15.0. The van der Waals surface area contributed by atoms with Crippen LogP contribution in [0.1, 0.15) is 32.6 Å². The fourth-order valence-corrected chi connectivity index (χ4v) is 3.65. The molecule has 4 rings (SSSR count). The Hall–Kier alpha value is -2.58. The smallest absolute Gasteiger partial charge is 0.222 e. The van der Waals surface area contributed by atoms with E-state index >= 15 is 0 Å². The van der Waals surface area contributed by atoms with Crippen molar-refractivity contribution in [2.24, 2.45) is 0 Å². The number of anilines is 1. The number of nitrogens with zero attached hydrogens (tertiary/aromatic N) is 4. The van der Waals surface area contributed by atoms with Crippen LogP contribution in [0.25, 0.3) is 5.52 Å². The number of nitriles is 1. The standard InChI is InChI=1S/C17H19N5O5/c1-9(24)21-15-11-5-4-10(22(11)20-8-19-15)12-13-14(27-16(2,3)25-13)17(6-18,7-23)26-12/h4-5,8,12-14,23H,7H2,1-3H3,(H,19,20,21,24)/t12-,13-,14-,17+/m0/s1. The molecule has 0 aromatic carbocycles. The number of carbonyl (C=O) groups excluding carboxylic acids is 1. The van der Waals surface area contributed by atoms with E-state index in [1.54, 1.807) is 30.5 Å². The van der Waals surface area contributed by atoms with Gasteiger partial charge in [-0.3, -0.25) is 4.79 Å². The lowest BCUT2D eigenvalue weighted by molar-refractivity contribution is -0.205. The molecule has 27 heavy (non-hydrogen) atoms. The van der Waals surface area contributed by atoms with Crippen LogP contribution in [0.15, 0.2) is 18.5 Å². The van der Waals surface area contributed by atoms with Crippen molar-refractivity contribution in [1.82, 2.24) is 14.6 Å². The molecule has 2 aliphatic rings. The molecule has 2 aromatic rings. The zero-order chi connectivity index (χ0) is 19.4. The van der Waals surface area contributed by atoms with Gasteiger partial charge in [0.1, 0.15) is 36.2 Å². The van der Waals surface area contributed by atoms with E-state index < -0.39 is 36.3 Å². The molecule has 0 aliphatic carbocycles. The van der Waals surface area contributed by atoms with Gasteiger partial charge in [-0.05, 0) is 26.0 Å². The van der Waals surface area contributed by atoms with E-state index in [1.165, 1.54) is 13.3 Å². The lowest BCUT2D eigenvalue weighted by Gasteiger charge is -2.27. The minimum Gasteiger partial charge on any atom is -0.392 e. The van der Waals surface area contributed by atoms with Crippen LogP contribution in [0, 0.1) is 11.3 Å². The third-order valence-electron chi connectivity index (χ3n) is 4.72. The van der Waals surface area contributed by atoms with Crippen LogP contribution < -0.4 is 5.32 Å². The number of rotatable bonds is 3. The highest BCUT2D eigenvalue weighted by molar-refractivity contribution is 5.91. The Morgan fingerprint density at radius 3 is 2.85 bits per heavy atom. The Balaban J connectivity index is 1.80. The maximum absolute atomic E-state index is 11.4. The number of aromatic nitrogens is 3. The molecule has 2 aliphatic heterocycles. The van der Waals surface area contributed by atoms with Gasteiger partial charge in [-0.25, -0.2) is 9.50 Å². The van der Waals surface area contributed by atoms with Crippen molar-refractivity contribution in [2.75, 3.05) is 11.9 Å². The van der Waals surface area contributed by atoms with Gasteiger partial charge in [-0.1, -0.05) is 0 Å². The van der Waals surface area contributed by atoms with Crippen LogP contribution in [0.4, 0.5) is 5.82 Å². The largest absolute Gasteiger partial charge is 0.392 e. The average molecular weight is 373 g/mol. The molecule has 2 fully saturated rings. The van der Waals surface area contributed by atoms with E-state index in [-0.39, 0.29) is 5.91 Å². The summed E-state index contributed by atoms with van der Waals surface area (Å²) in [6, 6.07) is 5.54. The first kappa shape index (κ1) is 17.8. The highest BCUT2D eigenvalue weighted by Crippen LogP contribution is 2.49. The molecule has 10 nitrogen and oxygen atoms in total. The summed E-state index contributed by atoms with van der Waals surface area (Å²) < 4.78 is 19.4. The van der Waals surface area contributed by atoms with Crippen LogP contribution in [0.2, 0.25) is 0 Å². The zero-order valence-corrected chi connectivity index (χ0v) is 15.0. The highest BCUT2D eigenvalue weighted by atomic mass is 16.8. The van der Waals surface area contributed by atoms with E-state index in [0.717, 1.165) is 0 Å². The molecule has 0 spiro atoms. The number of hydrogen-bond acceptors (Lipinski definition) is 8. The second-order valence-electron chi connectivity index (χ2n) is 7.06. The van der Waals surface area contributed by atoms with Gasteiger partial charge in [0, 0.05) is 6.92 Å². The molecule has 2 saturated heterocycles. The molecule has 4 atom stereocenters. The molecule has 0 saturated carbocycles. The first-order valence-corrected chi connectivity index (χ1v) is 8.46. The predicted octanol–water partition coefficient (Wildman–Crippen LogP) is 0.534. The number of nitrogens with one attached hydrogen (secondary N) is 1. The van der Waals surface area contributed by atoms with Crippen molar-refractivity contribution in [2.45, 2.75) is 50.5 Å². The number of aliphatic hydroxyl groups excluding tert-OH is 1. The van der Waals surface area contributed by atoms with E-state index in [0.29, 0.717) is 17.0 Å². The minimum absolute atomic E-state index is 0.256. The van der Waals surface area contributed by atoms with Gasteiger partial charge in [0.25, 0.3) is 0 Å². The molecule has 0 radical (unpaired) electrons. The number of carbonyl (C=O) groups is 1. The SMILES string of the molecule is CC(=O)Nc1ncnn2c([C@@H]3O[C@](C#N)(CO)[C@H]4OC(C)(C)O[C@@H]34)ccc12. The molecule has 10 heteroatoms. The Bertz CT molecular complexity index is 951. The molecule has 0 unspecified atom stereocenters. The van der Waals surface area contributed by atoms with Crippen molar-refractivity contribution in [3.05, 3.63) is 24.2 Å². The summed E-state index contributed by atoms with van der Waals surface area (Å²) >= 11 is 0. The van der Waals surface area contributed by atoms with Crippen molar-refractivity contribution in [1.29, 1.82) is 5.26 Å². The lowest BCUT2D eigenvalue weighted by Crippen LogP contribution is -2.45. The predicted molar refractivity (Wildman–Crippen MR) is 90.4 cm³/mol. The van der Waals surface area contributed by atoms with Crippen molar-refractivity contribution in [3.8, 4) is 6.07 Å². The van der Waals surface area contributed by atoms with Crippen LogP contribution in [0.3, 0.4) is 0 Å². The third kappa shape index (κ3) is 2.67. The van der Waals surface area contributed by atoms with Crippen molar-refractivity contribution in [3.63, 3.8) is 0 Å². The van der Waals surface area contributed by atoms with Gasteiger partial charge in [0.15, 0.2) is 11.6 Å². The summed E-state index contributed by atoms with van der Waals surface area (Å²) in [6.07, 6.45) is -0.752. The molecular formula is C17H19N5O5. The third-order valence-corrected chi connectivity index (χ3v) is 4.72. The van der Waals surface area contributed by atoms with E-state index in [1.807, 2.05) is 6.07 Å². The number of ether oxygens (including phenoxy) is 3. The van der Waals surface area contributed by atoms with E-state index in [4.69, 9.17) is 14.2 Å². The summed E-state index contributed by atoms with van der Waals surface area (Å²) in [7, 11) is 0. The van der Waals surface area contributed by atoms with Crippen LogP contribution in [0.5, 0.6) is 0 Å². The molecule has 2 aromatic heterocycles. The van der Waals surface area contributed by atoms with Gasteiger partial charge < -0.3 is 24.6 Å². The number of hydrogen-bond donors (Lipinski definition) is 2. The van der Waals surface area contributed by atoms with Gasteiger partial charge in [-0.2, -0.15) is 10.4 Å². The van der Waals surface area contributed by atoms with Gasteiger partial charge in [-0.15, -0.1) is 0 Å². The summed E-state index contributed by atoms with van der Waals surface area (Å²) in [6.45, 7) is 4.35. The fraction of sp³-hybridized carbons (Fsp3) is 0.529. The van der Waals surface area contributed by atoms with Crippen LogP contribution >= 0.6 is 0 Å². The lowest BCUT2D eigenvalue weighted by atomic mass is 9.96. The van der Waals surface area contributed by atoms with Crippen LogP contribution in [-0.2, 0) is 19.0 Å². The Labute approximate surface area is 154 Å². The number of fused-ring (bicyclic) bond motifs is 2. The minimum atomic E-state index is -1.54. The number of amides is 1. The first-order chi connectivity index (χ1) is 12.8. The quantitative estimate of drug-likeness (QED) is 0.797. The maximum atomic E-state index is 11.4. The molecule has 4 heterocycles. The molecule has 0 bridgehead atoms. The second kappa shape index (κ2) is 5.97. The fourth-order valence-electron chi connectivity index (χ4n) is 3.65. The summed E-state index contributed by atoms with van der Waals surface area (Å²) in [5.74, 6) is -0.817. The topological polar surface area (TPSA) is 131 Å². The molecule has 142 valence electrons. The number of aliphatic hydroxyl groups is 1. The van der Waals surface area contributed by atoms with E-state index in [2.05, 4.69) is 15.4 Å². The monoisotopic (exact) mass is 373 g/mol. The summed E-state index contributed by atoms with van der Waals surface area (Å²) in [5, 5.41) is 26.4. The Morgan fingerprint density at radius 1 is 1.41 bits per heavy atom. The normalized spacial score (nSPS) is 31.6.